The van der Waals surface area contributed by atoms with Gasteiger partial charge in [0, 0.05) is 31.6 Å². The maximum absolute atomic E-state index is 13.3. The normalized spacial score (nSPS) is 11.9. The van der Waals surface area contributed by atoms with Crippen molar-refractivity contribution in [3.05, 3.63) is 47.4 Å². The number of fused-ring (bicyclic) bond motifs is 1. The van der Waals surface area contributed by atoms with Crippen LogP contribution in [0, 0.1) is 5.82 Å². The van der Waals surface area contributed by atoms with Gasteiger partial charge in [-0.25, -0.2) is 19.3 Å². The molecule has 7 heteroatoms. The van der Waals surface area contributed by atoms with Crippen molar-refractivity contribution in [1.29, 1.82) is 0 Å². The van der Waals surface area contributed by atoms with Crippen LogP contribution in [0.1, 0.15) is 38.1 Å². The standard InChI is InChI=1S/C19H24FN5O/c1-19(2,3)18-22-13(11-26-4)10-17(25-18)21-8-7-16-23-14-6-5-12(20)9-15(14)24-16/h5-6,9-10H,7-8,11H2,1-4H3,(H,23,24)(H,21,22,25). The molecule has 3 rings (SSSR count). The van der Waals surface area contributed by atoms with Crippen molar-refractivity contribution in [2.45, 2.75) is 39.2 Å². The third-order valence-electron chi connectivity index (χ3n) is 3.90. The van der Waals surface area contributed by atoms with Crippen LogP contribution in [0.5, 0.6) is 0 Å². The number of H-pyrrole nitrogens is 1. The molecule has 0 atom stereocenters. The second-order valence-electron chi connectivity index (χ2n) is 7.27. The van der Waals surface area contributed by atoms with Gasteiger partial charge in [0.2, 0.25) is 0 Å². The number of methoxy groups -OCH3 is 1. The number of nitrogens with one attached hydrogen (secondary N) is 2. The average Bonchev–Trinajstić information content (AvgIpc) is 2.96. The van der Waals surface area contributed by atoms with Gasteiger partial charge in [-0.1, -0.05) is 20.8 Å². The highest BCUT2D eigenvalue weighted by atomic mass is 19.1. The number of aromatic amines is 1. The van der Waals surface area contributed by atoms with Gasteiger partial charge in [-0.2, -0.15) is 0 Å². The predicted octanol–water partition coefficient (Wildman–Crippen LogP) is 3.59. The highest BCUT2D eigenvalue weighted by Gasteiger charge is 2.19. The fourth-order valence-electron chi connectivity index (χ4n) is 2.61. The van der Waals surface area contributed by atoms with Crippen LogP contribution in [0.15, 0.2) is 24.3 Å². The van der Waals surface area contributed by atoms with Crippen LogP contribution < -0.4 is 5.32 Å². The first kappa shape index (κ1) is 18.3. The smallest absolute Gasteiger partial charge is 0.136 e. The third kappa shape index (κ3) is 4.35. The Labute approximate surface area is 152 Å². The number of rotatable bonds is 6. The fraction of sp³-hybridized carbons (Fsp3) is 0.421. The summed E-state index contributed by atoms with van der Waals surface area (Å²) >= 11 is 0. The van der Waals surface area contributed by atoms with Crippen LogP contribution in [0.4, 0.5) is 10.2 Å². The molecule has 2 aromatic heterocycles. The Kier molecular flexibility index (Phi) is 5.18. The Morgan fingerprint density at radius 3 is 2.69 bits per heavy atom. The molecule has 2 heterocycles. The summed E-state index contributed by atoms with van der Waals surface area (Å²) in [6.45, 7) is 7.33. The summed E-state index contributed by atoms with van der Waals surface area (Å²) in [5, 5.41) is 3.32. The van der Waals surface area contributed by atoms with E-state index in [0.29, 0.717) is 25.1 Å². The Morgan fingerprint density at radius 1 is 1.15 bits per heavy atom. The zero-order valence-electron chi connectivity index (χ0n) is 15.6. The van der Waals surface area contributed by atoms with Crippen LogP contribution >= 0.6 is 0 Å². The third-order valence-corrected chi connectivity index (χ3v) is 3.90. The van der Waals surface area contributed by atoms with Gasteiger partial charge >= 0.3 is 0 Å². The molecule has 0 fully saturated rings. The molecule has 3 aromatic rings. The lowest BCUT2D eigenvalue weighted by Crippen LogP contribution is -2.19. The van der Waals surface area contributed by atoms with Gasteiger partial charge in [-0.15, -0.1) is 0 Å². The molecule has 1 aromatic carbocycles. The van der Waals surface area contributed by atoms with Gasteiger partial charge in [0.15, 0.2) is 0 Å². The molecule has 0 amide bonds. The van der Waals surface area contributed by atoms with Crippen LogP contribution in [-0.2, 0) is 23.2 Å². The Balaban J connectivity index is 1.70. The number of imidazole rings is 1. The summed E-state index contributed by atoms with van der Waals surface area (Å²) in [4.78, 5) is 16.8. The second kappa shape index (κ2) is 7.37. The molecule has 0 saturated heterocycles. The molecule has 0 bridgehead atoms. The van der Waals surface area contributed by atoms with Crippen LogP contribution in [0.3, 0.4) is 0 Å². The van der Waals surface area contributed by atoms with Crippen LogP contribution in [-0.4, -0.2) is 33.6 Å². The van der Waals surface area contributed by atoms with Crippen LogP contribution in [0.25, 0.3) is 11.0 Å². The lowest BCUT2D eigenvalue weighted by molar-refractivity contribution is 0.181. The molecular weight excluding hydrogens is 333 g/mol. The zero-order chi connectivity index (χ0) is 18.7. The first-order chi connectivity index (χ1) is 12.3. The summed E-state index contributed by atoms with van der Waals surface area (Å²) in [7, 11) is 1.65. The van der Waals surface area contributed by atoms with E-state index in [1.165, 1.54) is 12.1 Å². The lowest BCUT2D eigenvalue weighted by atomic mass is 9.95. The molecule has 0 aliphatic carbocycles. The number of halogens is 1. The summed E-state index contributed by atoms with van der Waals surface area (Å²) in [5.41, 5.74) is 2.16. The van der Waals surface area contributed by atoms with Crippen molar-refractivity contribution in [2.24, 2.45) is 0 Å². The number of anilines is 1. The fourth-order valence-corrected chi connectivity index (χ4v) is 2.61. The van der Waals surface area contributed by atoms with E-state index in [4.69, 9.17) is 4.74 Å². The molecule has 2 N–H and O–H groups in total. The predicted molar refractivity (Wildman–Crippen MR) is 99.7 cm³/mol. The number of ether oxygens (including phenoxy) is 1. The van der Waals surface area contributed by atoms with E-state index in [0.717, 1.165) is 28.7 Å². The molecule has 6 nitrogen and oxygen atoms in total. The second-order valence-corrected chi connectivity index (χ2v) is 7.27. The van der Waals surface area contributed by atoms with Gasteiger partial charge in [-0.05, 0) is 18.2 Å². The van der Waals surface area contributed by atoms with Crippen molar-refractivity contribution < 1.29 is 9.13 Å². The van der Waals surface area contributed by atoms with Crippen molar-refractivity contribution in [3.8, 4) is 0 Å². The largest absolute Gasteiger partial charge is 0.378 e. The van der Waals surface area contributed by atoms with Crippen molar-refractivity contribution in [1.82, 2.24) is 19.9 Å². The van der Waals surface area contributed by atoms with Gasteiger partial charge < -0.3 is 15.0 Å². The van der Waals surface area contributed by atoms with Gasteiger partial charge in [0.25, 0.3) is 0 Å². The van der Waals surface area contributed by atoms with Crippen LogP contribution in [0.2, 0.25) is 0 Å². The molecule has 26 heavy (non-hydrogen) atoms. The first-order valence-corrected chi connectivity index (χ1v) is 8.60. The highest BCUT2D eigenvalue weighted by Crippen LogP contribution is 2.21. The lowest BCUT2D eigenvalue weighted by Gasteiger charge is -2.18. The maximum Gasteiger partial charge on any atom is 0.136 e. The number of nitrogens with zero attached hydrogens (tertiary/aromatic N) is 3. The molecular formula is C19H24FN5O. The molecule has 0 aliphatic rings. The molecule has 0 radical (unpaired) electrons. The van der Waals surface area contributed by atoms with E-state index in [2.05, 4.69) is 46.0 Å². The number of benzene rings is 1. The van der Waals surface area contributed by atoms with Gasteiger partial charge in [-0.3, -0.25) is 0 Å². The molecule has 0 saturated carbocycles. The Morgan fingerprint density at radius 2 is 1.96 bits per heavy atom. The summed E-state index contributed by atoms with van der Waals surface area (Å²) < 4.78 is 18.5. The molecule has 138 valence electrons. The van der Waals surface area contributed by atoms with E-state index < -0.39 is 0 Å². The van der Waals surface area contributed by atoms with E-state index in [1.807, 2.05) is 6.07 Å². The molecule has 0 spiro atoms. The topological polar surface area (TPSA) is 75.7 Å². The average molecular weight is 357 g/mol. The summed E-state index contributed by atoms with van der Waals surface area (Å²) in [6, 6.07) is 6.44. The summed E-state index contributed by atoms with van der Waals surface area (Å²) in [6.07, 6.45) is 0.671. The number of hydrogen-bond donors (Lipinski definition) is 2. The zero-order valence-corrected chi connectivity index (χ0v) is 15.6. The minimum atomic E-state index is -0.271. The maximum atomic E-state index is 13.3. The van der Waals surface area contributed by atoms with Crippen molar-refractivity contribution >= 4 is 16.9 Å². The minimum Gasteiger partial charge on any atom is -0.378 e. The van der Waals surface area contributed by atoms with E-state index >= 15 is 0 Å². The monoisotopic (exact) mass is 357 g/mol. The molecule has 0 unspecified atom stereocenters. The van der Waals surface area contributed by atoms with Gasteiger partial charge in [0.1, 0.15) is 23.3 Å². The Bertz CT molecular complexity index is 901. The highest BCUT2D eigenvalue weighted by molar-refractivity contribution is 5.74. The number of hydrogen-bond acceptors (Lipinski definition) is 5. The van der Waals surface area contributed by atoms with Gasteiger partial charge in [0.05, 0.1) is 23.3 Å². The first-order valence-electron chi connectivity index (χ1n) is 8.60. The minimum absolute atomic E-state index is 0.150. The van der Waals surface area contributed by atoms with E-state index in [1.54, 1.807) is 13.2 Å². The van der Waals surface area contributed by atoms with E-state index in [9.17, 15) is 4.39 Å². The van der Waals surface area contributed by atoms with Crippen molar-refractivity contribution in [3.63, 3.8) is 0 Å². The van der Waals surface area contributed by atoms with E-state index in [-0.39, 0.29) is 11.2 Å². The molecule has 0 aliphatic heterocycles. The quantitative estimate of drug-likeness (QED) is 0.705. The number of aromatic nitrogens is 4. The Hall–Kier alpha value is -2.54. The van der Waals surface area contributed by atoms with Crippen molar-refractivity contribution in [2.75, 3.05) is 19.0 Å². The SMILES string of the molecule is COCc1cc(NCCc2nc3ccc(F)cc3[nH]2)nc(C(C)(C)C)n1. The summed E-state index contributed by atoms with van der Waals surface area (Å²) in [5.74, 6) is 2.07.